The summed E-state index contributed by atoms with van der Waals surface area (Å²) in [4.78, 5) is 11.3. The second-order valence-corrected chi connectivity index (χ2v) is 5.26. The predicted molar refractivity (Wildman–Crippen MR) is 70.5 cm³/mol. The molecule has 0 radical (unpaired) electrons. The lowest BCUT2D eigenvalue weighted by Crippen LogP contribution is -2.52. The van der Waals surface area contributed by atoms with Crippen LogP contribution in [-0.2, 0) is 11.3 Å². The van der Waals surface area contributed by atoms with E-state index in [4.69, 9.17) is 0 Å². The number of carbonyl (C=O) groups is 1. The van der Waals surface area contributed by atoms with Crippen LogP contribution in [0.5, 0.6) is 0 Å². The van der Waals surface area contributed by atoms with Crippen molar-refractivity contribution in [2.75, 3.05) is 0 Å². The maximum atomic E-state index is 11.3. The van der Waals surface area contributed by atoms with E-state index in [1.165, 1.54) is 0 Å². The van der Waals surface area contributed by atoms with Gasteiger partial charge >= 0.3 is 5.97 Å². The molecule has 0 aliphatic carbocycles. The zero-order valence-electron chi connectivity index (χ0n) is 11.6. The molecule has 1 atom stereocenters. The third-order valence-electron chi connectivity index (χ3n) is 2.92. The smallest absolute Gasteiger partial charge is 0.323 e. The van der Waals surface area contributed by atoms with Crippen molar-refractivity contribution < 1.29 is 9.90 Å². The largest absolute Gasteiger partial charge is 0.480 e. The average molecular weight is 253 g/mol. The van der Waals surface area contributed by atoms with E-state index in [1.54, 1.807) is 6.92 Å². The van der Waals surface area contributed by atoms with Crippen LogP contribution in [0.4, 0.5) is 0 Å². The molecule has 1 aromatic rings. The monoisotopic (exact) mass is 253 g/mol. The zero-order chi connectivity index (χ0) is 13.8. The summed E-state index contributed by atoms with van der Waals surface area (Å²) in [7, 11) is 0. The molecule has 5 heteroatoms. The number of nitrogens with one attached hydrogen (secondary N) is 1. The third kappa shape index (κ3) is 4.14. The number of hydrogen-bond donors (Lipinski definition) is 2. The Morgan fingerprint density at radius 2 is 2.28 bits per heavy atom. The van der Waals surface area contributed by atoms with Crippen molar-refractivity contribution in [2.45, 2.75) is 58.7 Å². The third-order valence-corrected chi connectivity index (χ3v) is 2.92. The minimum atomic E-state index is -0.865. The van der Waals surface area contributed by atoms with Crippen molar-refractivity contribution in [3.05, 3.63) is 18.0 Å². The Balaban J connectivity index is 2.50. The zero-order valence-corrected chi connectivity index (χ0v) is 11.6. The van der Waals surface area contributed by atoms with E-state index in [2.05, 4.69) is 10.4 Å². The molecule has 0 aliphatic heterocycles. The first-order valence-electron chi connectivity index (χ1n) is 6.34. The van der Waals surface area contributed by atoms with Gasteiger partial charge in [-0.1, -0.05) is 0 Å². The highest BCUT2D eigenvalue weighted by Gasteiger charge is 2.32. The summed E-state index contributed by atoms with van der Waals surface area (Å²) >= 11 is 0. The van der Waals surface area contributed by atoms with Gasteiger partial charge in [-0.25, -0.2) is 0 Å². The number of aliphatic carboxylic acids is 1. The van der Waals surface area contributed by atoms with Gasteiger partial charge in [-0.2, -0.15) is 5.10 Å². The molecule has 0 saturated heterocycles. The fourth-order valence-corrected chi connectivity index (χ4v) is 2.06. The second-order valence-electron chi connectivity index (χ2n) is 5.26. The minimum Gasteiger partial charge on any atom is -0.480 e. The highest BCUT2D eigenvalue weighted by Crippen LogP contribution is 2.14. The van der Waals surface area contributed by atoms with Crippen LogP contribution in [0.2, 0.25) is 0 Å². The molecule has 18 heavy (non-hydrogen) atoms. The van der Waals surface area contributed by atoms with Crippen LogP contribution in [-0.4, -0.2) is 32.4 Å². The second kappa shape index (κ2) is 6.00. The Morgan fingerprint density at radius 1 is 1.61 bits per heavy atom. The molecule has 0 saturated carbocycles. The summed E-state index contributed by atoms with van der Waals surface area (Å²) < 4.78 is 1.85. The van der Waals surface area contributed by atoms with Crippen LogP contribution in [0.3, 0.4) is 0 Å². The van der Waals surface area contributed by atoms with Gasteiger partial charge in [0.25, 0.3) is 0 Å². The van der Waals surface area contributed by atoms with Crippen molar-refractivity contribution >= 4 is 5.97 Å². The van der Waals surface area contributed by atoms with E-state index >= 15 is 0 Å². The molecule has 0 aromatic carbocycles. The molecular formula is C13H23N3O2. The highest BCUT2D eigenvalue weighted by molar-refractivity contribution is 5.78. The normalized spacial score (nSPS) is 14.7. The first-order chi connectivity index (χ1) is 8.33. The summed E-state index contributed by atoms with van der Waals surface area (Å²) in [6.45, 7) is 8.34. The maximum Gasteiger partial charge on any atom is 0.323 e. The molecule has 0 bridgehead atoms. The molecule has 1 aromatic heterocycles. The topological polar surface area (TPSA) is 67.2 Å². The van der Waals surface area contributed by atoms with Gasteiger partial charge < -0.3 is 5.11 Å². The fraction of sp³-hybridized carbons (Fsp3) is 0.692. The van der Waals surface area contributed by atoms with Gasteiger partial charge in [-0.3, -0.25) is 14.8 Å². The molecule has 0 amide bonds. The van der Waals surface area contributed by atoms with Gasteiger partial charge in [0.2, 0.25) is 0 Å². The van der Waals surface area contributed by atoms with Crippen LogP contribution in [0.1, 0.15) is 39.3 Å². The molecule has 102 valence electrons. The molecule has 1 heterocycles. The van der Waals surface area contributed by atoms with Crippen molar-refractivity contribution in [1.82, 2.24) is 15.1 Å². The lowest BCUT2D eigenvalue weighted by molar-refractivity contribution is -0.144. The van der Waals surface area contributed by atoms with Gasteiger partial charge in [0.05, 0.1) is 5.69 Å². The Bertz CT molecular complexity index is 401. The van der Waals surface area contributed by atoms with Crippen molar-refractivity contribution in [3.8, 4) is 0 Å². The number of aromatic nitrogens is 2. The Morgan fingerprint density at radius 3 is 2.72 bits per heavy atom. The predicted octanol–water partition coefficient (Wildman–Crippen LogP) is 1.81. The van der Waals surface area contributed by atoms with Crippen molar-refractivity contribution in [3.63, 3.8) is 0 Å². The van der Waals surface area contributed by atoms with E-state index < -0.39 is 11.5 Å². The lowest BCUT2D eigenvalue weighted by Gasteiger charge is -2.28. The minimum absolute atomic E-state index is 0.151. The molecule has 0 fully saturated rings. The van der Waals surface area contributed by atoms with Crippen LogP contribution in [0.25, 0.3) is 0 Å². The number of hydrogen-bond acceptors (Lipinski definition) is 3. The van der Waals surface area contributed by atoms with E-state index in [-0.39, 0.29) is 6.04 Å². The number of aryl methyl sites for hydroxylation is 2. The molecular weight excluding hydrogens is 230 g/mol. The molecule has 0 aliphatic rings. The molecule has 1 unspecified atom stereocenters. The number of nitrogens with zero attached hydrogens (tertiary/aromatic N) is 2. The van der Waals surface area contributed by atoms with E-state index in [0.717, 1.165) is 18.7 Å². The van der Waals surface area contributed by atoms with Crippen LogP contribution < -0.4 is 5.32 Å². The first kappa shape index (κ1) is 14.7. The quantitative estimate of drug-likeness (QED) is 0.777. The summed E-state index contributed by atoms with van der Waals surface area (Å²) in [5.74, 6) is -0.798. The van der Waals surface area contributed by atoms with E-state index in [9.17, 15) is 9.90 Å². The fourth-order valence-electron chi connectivity index (χ4n) is 2.06. The van der Waals surface area contributed by atoms with Crippen LogP contribution >= 0.6 is 0 Å². The standard InChI is InChI=1S/C13H23N3O2/c1-10(2)14-13(4,12(17)18)7-5-8-16-9-6-11(3)15-16/h6,9-10,14H,5,7-8H2,1-4H3,(H,17,18). The van der Waals surface area contributed by atoms with Gasteiger partial charge in [-0.15, -0.1) is 0 Å². The molecule has 5 nitrogen and oxygen atoms in total. The number of carboxylic acid groups (broad SMARTS) is 1. The van der Waals surface area contributed by atoms with Gasteiger partial charge in [0.15, 0.2) is 0 Å². The summed E-state index contributed by atoms with van der Waals surface area (Å²) in [6, 6.07) is 2.10. The van der Waals surface area contributed by atoms with Crippen molar-refractivity contribution in [1.29, 1.82) is 0 Å². The Hall–Kier alpha value is -1.36. The summed E-state index contributed by atoms with van der Waals surface area (Å²) in [5.41, 5.74) is 0.118. The van der Waals surface area contributed by atoms with Gasteiger partial charge in [-0.05, 0) is 46.6 Å². The van der Waals surface area contributed by atoms with E-state index in [0.29, 0.717) is 6.42 Å². The molecule has 0 spiro atoms. The van der Waals surface area contributed by atoms with Crippen LogP contribution in [0, 0.1) is 6.92 Å². The Kier molecular flexibility index (Phi) is 4.90. The molecule has 1 rings (SSSR count). The van der Waals surface area contributed by atoms with Gasteiger partial charge in [0.1, 0.15) is 5.54 Å². The highest BCUT2D eigenvalue weighted by atomic mass is 16.4. The van der Waals surface area contributed by atoms with Crippen molar-refractivity contribution in [2.24, 2.45) is 0 Å². The summed E-state index contributed by atoms with van der Waals surface area (Å²) in [5, 5.41) is 16.7. The average Bonchev–Trinajstić information content (AvgIpc) is 2.63. The van der Waals surface area contributed by atoms with E-state index in [1.807, 2.05) is 37.7 Å². The Labute approximate surface area is 108 Å². The lowest BCUT2D eigenvalue weighted by atomic mass is 9.95. The first-order valence-corrected chi connectivity index (χ1v) is 6.34. The number of carboxylic acids is 1. The maximum absolute atomic E-state index is 11.3. The SMILES string of the molecule is Cc1ccn(CCCC(C)(NC(C)C)C(=O)O)n1. The van der Waals surface area contributed by atoms with Gasteiger partial charge in [0, 0.05) is 18.8 Å². The summed E-state index contributed by atoms with van der Waals surface area (Å²) in [6.07, 6.45) is 3.28. The van der Waals surface area contributed by atoms with Crippen LogP contribution in [0.15, 0.2) is 12.3 Å². The molecule has 2 N–H and O–H groups in total. The number of rotatable bonds is 7.